The number of rotatable bonds is 3. The number of ether oxygens (including phenoxy) is 3. The molecule has 2 aliphatic rings. The second-order valence-electron chi connectivity index (χ2n) is 9.93. The van der Waals surface area contributed by atoms with E-state index < -0.39 is 6.09 Å². The van der Waals surface area contributed by atoms with E-state index in [1.165, 1.54) is 0 Å². The number of carbonyl (C=O) groups is 1. The molecule has 0 saturated heterocycles. The number of amides is 1. The molecule has 3 rings (SSSR count). The zero-order valence-electron chi connectivity index (χ0n) is 17.8. The van der Waals surface area contributed by atoms with E-state index in [1.54, 1.807) is 6.07 Å². The van der Waals surface area contributed by atoms with Crippen LogP contribution in [0, 0.1) is 22.2 Å². The standard InChI is InChI=1S/C22H30N2O4/c1-20(2,3)24-19(25)28-18-21(4,5)17(22(18,6)7)27-15-9-8-13(12-23)16-14(15)10-11-26-16/h8-9,17-18H,10-11H2,1-7H3,(H,24,25). The molecule has 1 heterocycles. The number of nitrogens with one attached hydrogen (secondary N) is 1. The molecule has 28 heavy (non-hydrogen) atoms. The van der Waals surface area contributed by atoms with Gasteiger partial charge in [-0.05, 0) is 32.9 Å². The molecular weight excluding hydrogens is 356 g/mol. The Morgan fingerprint density at radius 3 is 2.43 bits per heavy atom. The summed E-state index contributed by atoms with van der Waals surface area (Å²) in [5.41, 5.74) is 0.402. The maximum absolute atomic E-state index is 12.3. The van der Waals surface area contributed by atoms with Crippen molar-refractivity contribution in [1.82, 2.24) is 5.32 Å². The minimum Gasteiger partial charge on any atom is -0.491 e. The van der Waals surface area contributed by atoms with Crippen LogP contribution in [0.4, 0.5) is 4.79 Å². The average molecular weight is 386 g/mol. The molecule has 6 nitrogen and oxygen atoms in total. The Morgan fingerprint density at radius 2 is 1.86 bits per heavy atom. The Morgan fingerprint density at radius 1 is 1.21 bits per heavy atom. The van der Waals surface area contributed by atoms with Gasteiger partial charge in [-0.1, -0.05) is 27.7 Å². The third-order valence-corrected chi connectivity index (χ3v) is 5.59. The van der Waals surface area contributed by atoms with Crippen LogP contribution in [0.15, 0.2) is 12.1 Å². The second-order valence-corrected chi connectivity index (χ2v) is 9.93. The SMILES string of the molecule is CC(C)(C)NC(=O)OC1C(C)(C)C(Oc2ccc(C#N)c3c2CCO3)C1(C)C. The molecule has 1 N–H and O–H groups in total. The first kappa shape index (κ1) is 20.3. The van der Waals surface area contributed by atoms with Gasteiger partial charge in [-0.3, -0.25) is 0 Å². The van der Waals surface area contributed by atoms with Crippen molar-refractivity contribution < 1.29 is 19.0 Å². The van der Waals surface area contributed by atoms with Gasteiger partial charge in [0.1, 0.15) is 29.8 Å². The number of alkyl carbamates (subject to hydrolysis) is 1. The van der Waals surface area contributed by atoms with Gasteiger partial charge in [-0.25, -0.2) is 4.79 Å². The molecule has 0 unspecified atom stereocenters. The predicted octanol–water partition coefficient (Wildman–Crippen LogP) is 4.20. The number of nitrogens with zero attached hydrogens (tertiary/aromatic N) is 1. The number of nitriles is 1. The van der Waals surface area contributed by atoms with Gasteiger partial charge >= 0.3 is 6.09 Å². The van der Waals surface area contributed by atoms with Gasteiger partial charge in [0.05, 0.1) is 12.2 Å². The highest BCUT2D eigenvalue weighted by Gasteiger charge is 2.66. The first-order valence-electron chi connectivity index (χ1n) is 9.72. The smallest absolute Gasteiger partial charge is 0.407 e. The van der Waals surface area contributed by atoms with Crippen molar-refractivity contribution in [3.63, 3.8) is 0 Å². The number of carbonyl (C=O) groups excluding carboxylic acids is 1. The number of fused-ring (bicyclic) bond motifs is 1. The molecular formula is C22H30N2O4. The maximum Gasteiger partial charge on any atom is 0.407 e. The minimum atomic E-state index is -0.412. The minimum absolute atomic E-state index is 0.148. The van der Waals surface area contributed by atoms with E-state index in [-0.39, 0.29) is 28.6 Å². The summed E-state index contributed by atoms with van der Waals surface area (Å²) in [6, 6.07) is 5.76. The lowest BCUT2D eigenvalue weighted by molar-refractivity contribution is -0.235. The lowest BCUT2D eigenvalue weighted by atomic mass is 9.51. The molecule has 1 saturated carbocycles. The van der Waals surface area contributed by atoms with E-state index in [0.717, 1.165) is 17.7 Å². The quantitative estimate of drug-likeness (QED) is 0.842. The van der Waals surface area contributed by atoms with E-state index in [2.05, 4.69) is 39.1 Å². The second kappa shape index (κ2) is 6.58. The summed E-state index contributed by atoms with van der Waals surface area (Å²) in [6.45, 7) is 14.5. The van der Waals surface area contributed by atoms with Crippen LogP contribution in [0.2, 0.25) is 0 Å². The van der Waals surface area contributed by atoms with Crippen LogP contribution in [-0.2, 0) is 11.2 Å². The third kappa shape index (κ3) is 3.39. The van der Waals surface area contributed by atoms with E-state index >= 15 is 0 Å². The van der Waals surface area contributed by atoms with Crippen molar-refractivity contribution in [3.8, 4) is 17.6 Å². The third-order valence-electron chi connectivity index (χ3n) is 5.59. The van der Waals surface area contributed by atoms with Gasteiger partial charge in [0.15, 0.2) is 0 Å². The van der Waals surface area contributed by atoms with Crippen LogP contribution in [0.5, 0.6) is 11.5 Å². The monoisotopic (exact) mass is 386 g/mol. The fourth-order valence-electron chi connectivity index (χ4n) is 4.74. The molecule has 6 heteroatoms. The van der Waals surface area contributed by atoms with Crippen LogP contribution in [0.3, 0.4) is 0 Å². The Kier molecular flexibility index (Phi) is 4.77. The summed E-state index contributed by atoms with van der Waals surface area (Å²) in [5, 5.41) is 12.1. The normalized spacial score (nSPS) is 24.2. The van der Waals surface area contributed by atoms with Crippen LogP contribution in [-0.4, -0.2) is 30.4 Å². The summed E-state index contributed by atoms with van der Waals surface area (Å²) >= 11 is 0. The summed E-state index contributed by atoms with van der Waals surface area (Å²) in [6.07, 6.45) is -0.119. The molecule has 0 spiro atoms. The van der Waals surface area contributed by atoms with Crippen molar-refractivity contribution in [2.75, 3.05) is 6.61 Å². The van der Waals surface area contributed by atoms with Crippen LogP contribution >= 0.6 is 0 Å². The van der Waals surface area contributed by atoms with Crippen LogP contribution in [0.25, 0.3) is 0 Å². The molecule has 1 fully saturated rings. The molecule has 0 atom stereocenters. The summed E-state index contributed by atoms with van der Waals surface area (Å²) in [7, 11) is 0. The predicted molar refractivity (Wildman–Crippen MR) is 105 cm³/mol. The zero-order chi connectivity index (χ0) is 20.9. The fraction of sp³-hybridized carbons (Fsp3) is 0.636. The fourth-order valence-corrected chi connectivity index (χ4v) is 4.74. The molecule has 0 radical (unpaired) electrons. The Bertz CT molecular complexity index is 814. The van der Waals surface area contributed by atoms with E-state index in [4.69, 9.17) is 14.2 Å². The highest BCUT2D eigenvalue weighted by atomic mass is 16.6. The zero-order valence-corrected chi connectivity index (χ0v) is 17.8. The lowest BCUT2D eigenvalue weighted by Gasteiger charge is -2.61. The van der Waals surface area contributed by atoms with Gasteiger partial charge in [0.25, 0.3) is 0 Å². The van der Waals surface area contributed by atoms with Crippen molar-refractivity contribution in [2.45, 2.75) is 72.6 Å². The molecule has 0 aromatic heterocycles. The highest BCUT2D eigenvalue weighted by molar-refractivity contribution is 5.68. The van der Waals surface area contributed by atoms with Gasteiger partial charge in [0.2, 0.25) is 0 Å². The van der Waals surface area contributed by atoms with Gasteiger partial charge < -0.3 is 19.5 Å². The van der Waals surface area contributed by atoms with E-state index in [1.807, 2.05) is 26.8 Å². The number of hydrogen-bond acceptors (Lipinski definition) is 5. The van der Waals surface area contributed by atoms with Gasteiger partial charge in [0, 0.05) is 28.4 Å². The molecule has 0 bridgehead atoms. The molecule has 1 aliphatic carbocycles. The summed E-state index contributed by atoms with van der Waals surface area (Å²) in [4.78, 5) is 12.3. The Hall–Kier alpha value is -2.42. The van der Waals surface area contributed by atoms with Crippen molar-refractivity contribution in [1.29, 1.82) is 5.26 Å². The van der Waals surface area contributed by atoms with Crippen LogP contribution < -0.4 is 14.8 Å². The topological polar surface area (TPSA) is 80.6 Å². The van der Waals surface area contributed by atoms with Crippen LogP contribution in [0.1, 0.15) is 59.6 Å². The molecule has 1 aromatic carbocycles. The molecule has 1 aromatic rings. The first-order chi connectivity index (χ1) is 12.9. The number of benzene rings is 1. The lowest BCUT2D eigenvalue weighted by Crippen LogP contribution is -2.71. The van der Waals surface area contributed by atoms with Gasteiger partial charge in [-0.15, -0.1) is 0 Å². The van der Waals surface area contributed by atoms with Crippen molar-refractivity contribution in [2.24, 2.45) is 10.8 Å². The number of hydrogen-bond donors (Lipinski definition) is 1. The largest absolute Gasteiger partial charge is 0.491 e. The summed E-state index contributed by atoms with van der Waals surface area (Å²) in [5.74, 6) is 1.38. The Balaban J connectivity index is 1.79. The average Bonchev–Trinajstić information content (AvgIpc) is 3.05. The van der Waals surface area contributed by atoms with E-state index in [9.17, 15) is 10.1 Å². The summed E-state index contributed by atoms with van der Waals surface area (Å²) < 4.78 is 17.9. The van der Waals surface area contributed by atoms with Gasteiger partial charge in [-0.2, -0.15) is 5.26 Å². The molecule has 1 amide bonds. The van der Waals surface area contributed by atoms with Crippen molar-refractivity contribution >= 4 is 6.09 Å². The van der Waals surface area contributed by atoms with Crippen molar-refractivity contribution in [3.05, 3.63) is 23.3 Å². The Labute approximate surface area is 167 Å². The first-order valence-corrected chi connectivity index (χ1v) is 9.72. The molecule has 152 valence electrons. The van der Waals surface area contributed by atoms with E-state index in [0.29, 0.717) is 17.9 Å². The highest BCUT2D eigenvalue weighted by Crippen LogP contribution is 2.57. The maximum atomic E-state index is 12.3. The molecule has 1 aliphatic heterocycles.